The van der Waals surface area contributed by atoms with Crippen molar-refractivity contribution < 1.29 is 9.09 Å². The van der Waals surface area contributed by atoms with E-state index in [0.717, 1.165) is 19.5 Å². The molecule has 1 fully saturated rings. The second-order valence-electron chi connectivity index (χ2n) is 4.35. The number of allylic oxidation sites excluding steroid dienone is 1. The Bertz CT molecular complexity index is 570. The summed E-state index contributed by atoms with van der Waals surface area (Å²) in [6, 6.07) is 11.0. The normalized spacial score (nSPS) is 17.3. The summed E-state index contributed by atoms with van der Waals surface area (Å²) < 4.78 is 18.8. The third-order valence-electron chi connectivity index (χ3n) is 3.00. The fraction of sp³-hybridized carbons (Fsp3) is 0.357. The van der Waals surface area contributed by atoms with Crippen molar-refractivity contribution >= 4 is 12.7 Å². The summed E-state index contributed by atoms with van der Waals surface area (Å²) in [6.07, 6.45) is 0.965. The van der Waals surface area contributed by atoms with Crippen molar-refractivity contribution in [2.75, 3.05) is 19.7 Å². The van der Waals surface area contributed by atoms with Crippen LogP contribution in [0, 0.1) is 11.3 Å². The SMILES string of the molecule is CCOP(=O)(C(C#N)=C1NCCCN1)c1ccccc1. The van der Waals surface area contributed by atoms with Gasteiger partial charge in [0.15, 0.2) is 5.31 Å². The molecule has 2 rings (SSSR count). The topological polar surface area (TPSA) is 74.2 Å². The summed E-state index contributed by atoms with van der Waals surface area (Å²) >= 11 is 0. The van der Waals surface area contributed by atoms with Gasteiger partial charge < -0.3 is 15.2 Å². The zero-order valence-electron chi connectivity index (χ0n) is 11.4. The molecule has 1 aliphatic heterocycles. The highest BCUT2D eigenvalue weighted by molar-refractivity contribution is 7.71. The summed E-state index contributed by atoms with van der Waals surface area (Å²) in [5, 5.41) is 16.4. The molecule has 0 saturated carbocycles. The van der Waals surface area contributed by atoms with Gasteiger partial charge in [-0.1, -0.05) is 18.2 Å². The first-order valence-electron chi connectivity index (χ1n) is 6.65. The van der Waals surface area contributed by atoms with E-state index in [0.29, 0.717) is 11.1 Å². The minimum absolute atomic E-state index is 0.158. The molecule has 2 N–H and O–H groups in total. The third kappa shape index (κ3) is 2.87. The van der Waals surface area contributed by atoms with E-state index in [9.17, 15) is 9.83 Å². The largest absolute Gasteiger partial charge is 0.371 e. The van der Waals surface area contributed by atoms with Gasteiger partial charge in [0.2, 0.25) is 0 Å². The molecule has 1 aromatic carbocycles. The van der Waals surface area contributed by atoms with Crippen LogP contribution in [-0.4, -0.2) is 19.7 Å². The maximum atomic E-state index is 13.3. The highest BCUT2D eigenvalue weighted by atomic mass is 31.2. The molecule has 0 spiro atoms. The molecule has 6 heteroatoms. The first-order valence-corrected chi connectivity index (χ1v) is 8.27. The van der Waals surface area contributed by atoms with E-state index >= 15 is 0 Å². The summed E-state index contributed by atoms with van der Waals surface area (Å²) in [6.45, 7) is 3.57. The molecule has 1 saturated heterocycles. The molecule has 0 aliphatic carbocycles. The molecule has 106 valence electrons. The molecule has 1 unspecified atom stereocenters. The number of rotatable bonds is 4. The van der Waals surface area contributed by atoms with Crippen molar-refractivity contribution in [3.63, 3.8) is 0 Å². The van der Waals surface area contributed by atoms with Crippen LogP contribution in [0.5, 0.6) is 0 Å². The Hall–Kier alpha value is -1.76. The Morgan fingerprint density at radius 3 is 2.55 bits per heavy atom. The van der Waals surface area contributed by atoms with Crippen molar-refractivity contribution in [1.82, 2.24) is 10.6 Å². The molecule has 1 heterocycles. The Balaban J connectivity index is 2.51. The number of nitrogens with zero attached hydrogens (tertiary/aromatic N) is 1. The molecule has 0 aromatic heterocycles. The molecule has 20 heavy (non-hydrogen) atoms. The number of hydrogen-bond donors (Lipinski definition) is 2. The second kappa shape index (κ2) is 6.60. The van der Waals surface area contributed by atoms with Crippen LogP contribution in [0.2, 0.25) is 0 Å². The van der Waals surface area contributed by atoms with Gasteiger partial charge in [-0.15, -0.1) is 0 Å². The smallest absolute Gasteiger partial charge is 0.275 e. The lowest BCUT2D eigenvalue weighted by molar-refractivity contribution is 0.345. The van der Waals surface area contributed by atoms with E-state index in [4.69, 9.17) is 4.52 Å². The van der Waals surface area contributed by atoms with Crippen LogP contribution in [0.4, 0.5) is 0 Å². The quantitative estimate of drug-likeness (QED) is 0.654. The predicted molar refractivity (Wildman–Crippen MR) is 78.6 cm³/mol. The van der Waals surface area contributed by atoms with Gasteiger partial charge in [-0.05, 0) is 25.5 Å². The molecule has 1 atom stereocenters. The van der Waals surface area contributed by atoms with E-state index in [2.05, 4.69) is 16.7 Å². The van der Waals surface area contributed by atoms with Gasteiger partial charge in [0.1, 0.15) is 11.9 Å². The minimum Gasteiger partial charge on any atom is -0.371 e. The van der Waals surface area contributed by atoms with Gasteiger partial charge >= 0.3 is 0 Å². The first kappa shape index (κ1) is 14.6. The highest BCUT2D eigenvalue weighted by Crippen LogP contribution is 2.54. The third-order valence-corrected chi connectivity index (χ3v) is 5.51. The minimum atomic E-state index is -3.36. The van der Waals surface area contributed by atoms with Crippen molar-refractivity contribution in [3.8, 4) is 6.07 Å². The van der Waals surface area contributed by atoms with E-state index < -0.39 is 7.37 Å². The maximum Gasteiger partial charge on any atom is 0.275 e. The van der Waals surface area contributed by atoms with Crippen molar-refractivity contribution in [1.29, 1.82) is 5.26 Å². The molecule has 0 radical (unpaired) electrons. The maximum absolute atomic E-state index is 13.3. The zero-order chi connectivity index (χ0) is 14.4. The van der Waals surface area contributed by atoms with Gasteiger partial charge in [-0.2, -0.15) is 5.26 Å². The fourth-order valence-electron chi connectivity index (χ4n) is 2.09. The van der Waals surface area contributed by atoms with E-state index in [-0.39, 0.29) is 11.9 Å². The average Bonchev–Trinajstić information content (AvgIpc) is 2.50. The summed E-state index contributed by atoms with van der Waals surface area (Å²) in [5.74, 6) is 0.527. The fourth-order valence-corrected chi connectivity index (χ4v) is 4.14. The van der Waals surface area contributed by atoms with Crippen LogP contribution >= 0.6 is 7.37 Å². The lowest BCUT2D eigenvalue weighted by Gasteiger charge is -2.24. The monoisotopic (exact) mass is 291 g/mol. The van der Waals surface area contributed by atoms with Crippen molar-refractivity contribution in [2.24, 2.45) is 0 Å². The van der Waals surface area contributed by atoms with Gasteiger partial charge in [-0.25, -0.2) is 0 Å². The Morgan fingerprint density at radius 2 is 2.00 bits per heavy atom. The Kier molecular flexibility index (Phi) is 4.84. The molecular weight excluding hydrogens is 273 g/mol. The molecule has 0 amide bonds. The second-order valence-corrected chi connectivity index (χ2v) is 6.67. The molecule has 1 aromatic rings. The average molecular weight is 291 g/mol. The Morgan fingerprint density at radius 1 is 1.35 bits per heavy atom. The Labute approximate surface area is 119 Å². The van der Waals surface area contributed by atoms with Crippen LogP contribution < -0.4 is 15.9 Å². The van der Waals surface area contributed by atoms with Gasteiger partial charge in [0.05, 0.1) is 6.61 Å². The van der Waals surface area contributed by atoms with Crippen molar-refractivity contribution in [3.05, 3.63) is 41.5 Å². The lowest BCUT2D eigenvalue weighted by atomic mass is 10.3. The van der Waals surface area contributed by atoms with Crippen LogP contribution in [0.25, 0.3) is 0 Å². The first-order chi connectivity index (χ1) is 9.72. The molecule has 1 aliphatic rings. The number of nitrogens with one attached hydrogen (secondary N) is 2. The van der Waals surface area contributed by atoms with E-state index in [1.54, 1.807) is 31.2 Å². The van der Waals surface area contributed by atoms with Crippen LogP contribution in [0.3, 0.4) is 0 Å². The summed E-state index contributed by atoms with van der Waals surface area (Å²) in [5.41, 5.74) is 0. The zero-order valence-corrected chi connectivity index (χ0v) is 12.3. The number of benzene rings is 1. The standard InChI is InChI=1S/C14H18N3O2P/c1-2-19-20(18,12-7-4-3-5-8-12)13(11-15)14-16-9-6-10-17-14/h3-5,7-8,16-17H,2,6,9-10H2,1H3. The van der Waals surface area contributed by atoms with Gasteiger partial charge in [-0.3, -0.25) is 4.57 Å². The van der Waals surface area contributed by atoms with E-state index in [1.165, 1.54) is 0 Å². The number of hydrogen-bond acceptors (Lipinski definition) is 5. The van der Waals surface area contributed by atoms with Crippen LogP contribution in [-0.2, 0) is 9.09 Å². The lowest BCUT2D eigenvalue weighted by Crippen LogP contribution is -2.36. The van der Waals surface area contributed by atoms with Crippen LogP contribution in [0.1, 0.15) is 13.3 Å². The molecule has 5 nitrogen and oxygen atoms in total. The predicted octanol–water partition coefficient (Wildman–Crippen LogP) is 1.90. The van der Waals surface area contributed by atoms with Gasteiger partial charge in [0, 0.05) is 18.4 Å². The molecule has 0 bridgehead atoms. The van der Waals surface area contributed by atoms with Crippen LogP contribution in [0.15, 0.2) is 41.5 Å². The van der Waals surface area contributed by atoms with E-state index in [1.807, 2.05) is 6.07 Å². The molecular formula is C14H18N3O2P. The number of nitriles is 1. The van der Waals surface area contributed by atoms with Crippen molar-refractivity contribution in [2.45, 2.75) is 13.3 Å². The summed E-state index contributed by atoms with van der Waals surface area (Å²) in [7, 11) is -3.36. The highest BCUT2D eigenvalue weighted by Gasteiger charge is 2.34. The summed E-state index contributed by atoms with van der Waals surface area (Å²) in [4.78, 5) is 0. The van der Waals surface area contributed by atoms with Gasteiger partial charge in [0.25, 0.3) is 7.37 Å².